The van der Waals surface area contributed by atoms with Gasteiger partial charge in [-0.1, -0.05) is 32.9 Å². The molecule has 1 aliphatic heterocycles. The maximum absolute atomic E-state index is 5.52. The molecular weight excluding hydrogens is 382 g/mol. The third kappa shape index (κ3) is 5.41. The number of aromatic nitrogens is 1. The van der Waals surface area contributed by atoms with E-state index in [1.165, 1.54) is 10.7 Å². The molecule has 0 atom stereocenters. The van der Waals surface area contributed by atoms with Crippen LogP contribution < -0.4 is 15.0 Å². The first kappa shape index (κ1) is 21.4. The Morgan fingerprint density at radius 2 is 1.93 bits per heavy atom. The molecule has 0 amide bonds. The number of nitrogens with zero attached hydrogens (tertiary/aromatic N) is 4. The standard InChI is InChI=1S/C22H33N5OS/c1-22(2,3)19-16-29-20(25-19)10-11-24-21(23-4)27-14-12-26(13-15-27)17-8-6-7-9-18(17)28-5/h6-9,16H,10-15H2,1-5H3,(H,23,24). The van der Waals surface area contributed by atoms with E-state index in [9.17, 15) is 0 Å². The molecule has 2 heterocycles. The van der Waals surface area contributed by atoms with E-state index in [1.807, 2.05) is 19.2 Å². The summed E-state index contributed by atoms with van der Waals surface area (Å²) in [6, 6.07) is 8.22. The number of guanidine groups is 1. The van der Waals surface area contributed by atoms with E-state index in [4.69, 9.17) is 9.72 Å². The van der Waals surface area contributed by atoms with Crippen LogP contribution in [-0.4, -0.2) is 62.7 Å². The summed E-state index contributed by atoms with van der Waals surface area (Å²) in [4.78, 5) is 14.0. The number of hydrogen-bond donors (Lipinski definition) is 1. The lowest BCUT2D eigenvalue weighted by Crippen LogP contribution is -2.52. The summed E-state index contributed by atoms with van der Waals surface area (Å²) in [5.41, 5.74) is 2.45. The zero-order valence-corrected chi connectivity index (χ0v) is 19.1. The molecule has 1 aromatic heterocycles. The van der Waals surface area contributed by atoms with Gasteiger partial charge < -0.3 is 19.9 Å². The van der Waals surface area contributed by atoms with Gasteiger partial charge in [0.05, 0.1) is 23.5 Å². The van der Waals surface area contributed by atoms with Crippen LogP contribution in [0.2, 0.25) is 0 Å². The fourth-order valence-corrected chi connectivity index (χ4v) is 4.46. The Morgan fingerprint density at radius 3 is 2.55 bits per heavy atom. The highest BCUT2D eigenvalue weighted by Crippen LogP contribution is 2.28. The topological polar surface area (TPSA) is 53.0 Å². The van der Waals surface area contributed by atoms with E-state index in [0.717, 1.165) is 56.5 Å². The maximum Gasteiger partial charge on any atom is 0.193 e. The van der Waals surface area contributed by atoms with E-state index in [-0.39, 0.29) is 5.41 Å². The van der Waals surface area contributed by atoms with Gasteiger partial charge in [0.2, 0.25) is 0 Å². The van der Waals surface area contributed by atoms with Crippen LogP contribution in [0.25, 0.3) is 0 Å². The fraction of sp³-hybridized carbons (Fsp3) is 0.545. The number of piperazine rings is 1. The van der Waals surface area contributed by atoms with Crippen LogP contribution in [0.5, 0.6) is 5.75 Å². The van der Waals surface area contributed by atoms with E-state index in [0.29, 0.717) is 0 Å². The molecule has 0 bridgehead atoms. The maximum atomic E-state index is 5.52. The average molecular weight is 416 g/mol. The summed E-state index contributed by atoms with van der Waals surface area (Å²) >= 11 is 1.75. The van der Waals surface area contributed by atoms with Crippen molar-refractivity contribution in [2.45, 2.75) is 32.6 Å². The first-order valence-electron chi connectivity index (χ1n) is 10.2. The lowest BCUT2D eigenvalue weighted by Gasteiger charge is -2.38. The van der Waals surface area contributed by atoms with Gasteiger partial charge in [0.1, 0.15) is 5.75 Å². The molecule has 0 spiro atoms. The Bertz CT molecular complexity index is 819. The summed E-state index contributed by atoms with van der Waals surface area (Å²) in [6.45, 7) is 11.2. The first-order valence-corrected chi connectivity index (χ1v) is 11.1. The van der Waals surface area contributed by atoms with Gasteiger partial charge in [0.15, 0.2) is 5.96 Å². The second-order valence-electron chi connectivity index (χ2n) is 8.25. The number of para-hydroxylation sites is 2. The zero-order valence-electron chi connectivity index (χ0n) is 18.2. The van der Waals surface area contributed by atoms with Crippen molar-refractivity contribution in [2.24, 2.45) is 4.99 Å². The molecule has 1 fully saturated rings. The van der Waals surface area contributed by atoms with E-state index >= 15 is 0 Å². The summed E-state index contributed by atoms with van der Waals surface area (Å²) < 4.78 is 5.52. The quantitative estimate of drug-likeness (QED) is 0.599. The largest absolute Gasteiger partial charge is 0.495 e. The molecule has 1 aliphatic rings. The van der Waals surface area contributed by atoms with Crippen LogP contribution in [0, 0.1) is 0 Å². The smallest absolute Gasteiger partial charge is 0.193 e. The lowest BCUT2D eigenvalue weighted by molar-refractivity contribution is 0.367. The van der Waals surface area contributed by atoms with Gasteiger partial charge in [-0.05, 0) is 12.1 Å². The van der Waals surface area contributed by atoms with Crippen LogP contribution in [0.1, 0.15) is 31.5 Å². The zero-order chi connectivity index (χ0) is 20.9. The van der Waals surface area contributed by atoms with Gasteiger partial charge in [-0.25, -0.2) is 4.98 Å². The predicted octanol–water partition coefficient (Wildman–Crippen LogP) is 3.39. The summed E-state index contributed by atoms with van der Waals surface area (Å²) in [7, 11) is 3.59. The molecular formula is C22H33N5OS. The third-order valence-electron chi connectivity index (χ3n) is 5.16. The Balaban J connectivity index is 1.50. The van der Waals surface area contributed by atoms with Crippen LogP contribution in [-0.2, 0) is 11.8 Å². The SMILES string of the molecule is CN=C(NCCc1nc(C(C)(C)C)cs1)N1CCN(c2ccccc2OC)CC1. The van der Waals surface area contributed by atoms with Crippen LogP contribution in [0.15, 0.2) is 34.6 Å². The molecule has 3 rings (SSSR count). The van der Waals surface area contributed by atoms with E-state index in [1.54, 1.807) is 18.4 Å². The number of nitrogens with one attached hydrogen (secondary N) is 1. The minimum atomic E-state index is 0.110. The normalized spacial score (nSPS) is 15.6. The number of hydrogen-bond acceptors (Lipinski definition) is 5. The Hall–Kier alpha value is -2.28. The molecule has 0 unspecified atom stereocenters. The molecule has 2 aromatic rings. The van der Waals surface area contributed by atoms with Gasteiger partial charge in [-0.15, -0.1) is 11.3 Å². The highest BCUT2D eigenvalue weighted by atomic mass is 32.1. The van der Waals surface area contributed by atoms with Crippen molar-refractivity contribution in [3.05, 3.63) is 40.3 Å². The van der Waals surface area contributed by atoms with Crippen molar-refractivity contribution in [1.82, 2.24) is 15.2 Å². The second-order valence-corrected chi connectivity index (χ2v) is 9.19. The average Bonchev–Trinajstić information content (AvgIpc) is 3.21. The molecule has 1 N–H and O–H groups in total. The minimum absolute atomic E-state index is 0.110. The summed E-state index contributed by atoms with van der Waals surface area (Å²) in [5.74, 6) is 1.90. The van der Waals surface area contributed by atoms with Crippen molar-refractivity contribution < 1.29 is 4.74 Å². The van der Waals surface area contributed by atoms with Crippen molar-refractivity contribution in [3.63, 3.8) is 0 Å². The number of methoxy groups -OCH3 is 1. The van der Waals surface area contributed by atoms with E-state index in [2.05, 4.69) is 58.4 Å². The van der Waals surface area contributed by atoms with Gasteiger partial charge >= 0.3 is 0 Å². The van der Waals surface area contributed by atoms with Crippen molar-refractivity contribution in [2.75, 3.05) is 51.8 Å². The van der Waals surface area contributed by atoms with Crippen LogP contribution in [0.3, 0.4) is 0 Å². The highest BCUT2D eigenvalue weighted by Gasteiger charge is 2.22. The van der Waals surface area contributed by atoms with Gasteiger partial charge in [0.25, 0.3) is 0 Å². The van der Waals surface area contributed by atoms with Crippen LogP contribution in [0.4, 0.5) is 5.69 Å². The lowest BCUT2D eigenvalue weighted by atomic mass is 9.93. The molecule has 0 saturated carbocycles. The molecule has 158 valence electrons. The van der Waals surface area contributed by atoms with Crippen LogP contribution >= 0.6 is 11.3 Å². The molecule has 6 nitrogen and oxygen atoms in total. The van der Waals surface area contributed by atoms with Gasteiger partial charge in [-0.3, -0.25) is 4.99 Å². The monoisotopic (exact) mass is 415 g/mol. The molecule has 0 aliphatic carbocycles. The molecule has 7 heteroatoms. The molecule has 1 saturated heterocycles. The Labute approximate surface area is 178 Å². The van der Waals surface area contributed by atoms with E-state index < -0.39 is 0 Å². The molecule has 1 aromatic carbocycles. The molecule has 0 radical (unpaired) electrons. The van der Waals surface area contributed by atoms with Gasteiger partial charge in [-0.2, -0.15) is 0 Å². The first-order chi connectivity index (χ1) is 13.9. The Morgan fingerprint density at radius 1 is 1.21 bits per heavy atom. The number of ether oxygens (including phenoxy) is 1. The predicted molar refractivity (Wildman–Crippen MR) is 123 cm³/mol. The number of aliphatic imine (C=N–C) groups is 1. The third-order valence-corrected chi connectivity index (χ3v) is 6.07. The van der Waals surface area contributed by atoms with Crippen molar-refractivity contribution in [1.29, 1.82) is 0 Å². The number of benzene rings is 1. The summed E-state index contributed by atoms with van der Waals surface area (Å²) in [6.07, 6.45) is 0.918. The minimum Gasteiger partial charge on any atom is -0.495 e. The fourth-order valence-electron chi connectivity index (χ4n) is 3.43. The number of rotatable bonds is 5. The van der Waals surface area contributed by atoms with Gasteiger partial charge in [0, 0.05) is 57.0 Å². The summed E-state index contributed by atoms with van der Waals surface area (Å²) in [5, 5.41) is 6.87. The number of thiazole rings is 1. The highest BCUT2D eigenvalue weighted by molar-refractivity contribution is 7.09. The number of anilines is 1. The van der Waals surface area contributed by atoms with Crippen molar-refractivity contribution >= 4 is 23.0 Å². The van der Waals surface area contributed by atoms with Crippen molar-refractivity contribution in [3.8, 4) is 5.75 Å². The Kier molecular flexibility index (Phi) is 7.00. The second kappa shape index (κ2) is 9.48. The molecule has 29 heavy (non-hydrogen) atoms.